The van der Waals surface area contributed by atoms with E-state index < -0.39 is 24.3 Å². The largest absolute Gasteiger partial charge is 0.394 e. The van der Waals surface area contributed by atoms with Gasteiger partial charge in [0.15, 0.2) is 0 Å². The van der Waals surface area contributed by atoms with E-state index in [-0.39, 0.29) is 18.9 Å². The minimum absolute atomic E-state index is 0.222. The van der Waals surface area contributed by atoms with Gasteiger partial charge in [0.25, 0.3) is 0 Å². The molecule has 0 aromatic carbocycles. The fourth-order valence-electron chi connectivity index (χ4n) is 2.70. The predicted octanol–water partition coefficient (Wildman–Crippen LogP) is -0.328. The third-order valence-electron chi connectivity index (χ3n) is 3.86. The van der Waals surface area contributed by atoms with Crippen molar-refractivity contribution in [3.8, 4) is 0 Å². The summed E-state index contributed by atoms with van der Waals surface area (Å²) in [7, 11) is 0. The molecule has 0 saturated carbocycles. The minimum Gasteiger partial charge on any atom is -0.394 e. The highest BCUT2D eigenvalue weighted by molar-refractivity contribution is 5.76. The summed E-state index contributed by atoms with van der Waals surface area (Å²) in [6, 6.07) is -1.41. The number of aliphatic hydroxyl groups is 3. The fourth-order valence-corrected chi connectivity index (χ4v) is 2.70. The fraction of sp³-hybridized carbons (Fsp3) is 0.714. The first-order chi connectivity index (χ1) is 10.0. The zero-order chi connectivity index (χ0) is 15.6. The lowest BCUT2D eigenvalue weighted by Crippen LogP contribution is -2.51. The highest BCUT2D eigenvalue weighted by atomic mass is 16.3. The first kappa shape index (κ1) is 15.9. The standard InChI is InChI=1S/C14H23N3O4/c1-3-5-8-6-17-9(7-18)12(20)13(21)11(14(17)15-8)16-10(19)4-2/h6,9,11-13,18,20-21H,3-5,7H2,1-2H3,(H,16,19)/t9?,11?,12-,13-/m1/s1. The molecule has 2 rings (SSSR count). The van der Waals surface area contributed by atoms with Gasteiger partial charge in [-0.05, 0) is 6.42 Å². The molecule has 4 atom stereocenters. The minimum atomic E-state index is -1.19. The van der Waals surface area contributed by atoms with E-state index in [4.69, 9.17) is 0 Å². The molecular weight excluding hydrogens is 274 g/mol. The van der Waals surface area contributed by atoms with E-state index >= 15 is 0 Å². The zero-order valence-corrected chi connectivity index (χ0v) is 12.4. The number of rotatable bonds is 5. The molecule has 1 aromatic rings. The van der Waals surface area contributed by atoms with Gasteiger partial charge in [-0.3, -0.25) is 4.79 Å². The summed E-state index contributed by atoms with van der Waals surface area (Å²) in [6.45, 7) is 3.44. The average Bonchev–Trinajstić information content (AvgIpc) is 2.87. The van der Waals surface area contributed by atoms with Gasteiger partial charge in [-0.1, -0.05) is 20.3 Å². The first-order valence-electron chi connectivity index (χ1n) is 7.37. The van der Waals surface area contributed by atoms with Crippen LogP contribution in [0, 0.1) is 0 Å². The van der Waals surface area contributed by atoms with Gasteiger partial charge < -0.3 is 25.2 Å². The number of hydrogen-bond donors (Lipinski definition) is 4. The van der Waals surface area contributed by atoms with Gasteiger partial charge in [0, 0.05) is 12.6 Å². The number of carbonyl (C=O) groups is 1. The van der Waals surface area contributed by atoms with Crippen LogP contribution < -0.4 is 5.32 Å². The van der Waals surface area contributed by atoms with Crippen molar-refractivity contribution < 1.29 is 20.1 Å². The Morgan fingerprint density at radius 2 is 2.10 bits per heavy atom. The summed E-state index contributed by atoms with van der Waals surface area (Å²) in [6.07, 6.45) is 1.39. The van der Waals surface area contributed by atoms with E-state index in [9.17, 15) is 20.1 Å². The van der Waals surface area contributed by atoms with Crippen LogP contribution in [0.1, 0.15) is 50.3 Å². The number of aromatic nitrogens is 2. The van der Waals surface area contributed by atoms with Gasteiger partial charge in [0.05, 0.1) is 18.3 Å². The van der Waals surface area contributed by atoms with Crippen molar-refractivity contribution in [2.45, 2.75) is 57.4 Å². The van der Waals surface area contributed by atoms with Crippen molar-refractivity contribution in [2.24, 2.45) is 0 Å². The molecule has 1 aliphatic rings. The predicted molar refractivity (Wildman–Crippen MR) is 75.5 cm³/mol. The van der Waals surface area contributed by atoms with E-state index in [1.54, 1.807) is 17.7 Å². The van der Waals surface area contributed by atoms with Gasteiger partial charge >= 0.3 is 0 Å². The Morgan fingerprint density at radius 1 is 1.38 bits per heavy atom. The van der Waals surface area contributed by atoms with Gasteiger partial charge in [-0.2, -0.15) is 0 Å². The number of aliphatic hydroxyl groups excluding tert-OH is 3. The number of fused-ring (bicyclic) bond motifs is 1. The van der Waals surface area contributed by atoms with Crippen LogP contribution in [0.5, 0.6) is 0 Å². The number of nitrogens with one attached hydrogen (secondary N) is 1. The van der Waals surface area contributed by atoms with E-state index in [1.165, 1.54) is 0 Å². The van der Waals surface area contributed by atoms with Crippen LogP contribution in [0.25, 0.3) is 0 Å². The molecule has 0 fully saturated rings. The van der Waals surface area contributed by atoms with Crippen LogP contribution in [0.4, 0.5) is 0 Å². The molecule has 0 bridgehead atoms. The van der Waals surface area contributed by atoms with Crippen molar-refractivity contribution in [2.75, 3.05) is 6.61 Å². The Kier molecular flexibility index (Phi) is 4.97. The van der Waals surface area contributed by atoms with Gasteiger partial charge in [-0.15, -0.1) is 0 Å². The Hall–Kier alpha value is -1.44. The Labute approximate surface area is 123 Å². The summed E-state index contributed by atoms with van der Waals surface area (Å²) in [5.41, 5.74) is 0.822. The van der Waals surface area contributed by atoms with Crippen LogP contribution in [0.3, 0.4) is 0 Å². The maximum absolute atomic E-state index is 11.6. The number of hydrogen-bond acceptors (Lipinski definition) is 5. The highest BCUT2D eigenvalue weighted by Gasteiger charge is 2.42. The number of imidazole rings is 1. The van der Waals surface area contributed by atoms with Crippen molar-refractivity contribution >= 4 is 5.91 Å². The lowest BCUT2D eigenvalue weighted by Gasteiger charge is -2.38. The maximum Gasteiger partial charge on any atom is 0.220 e. The summed E-state index contributed by atoms with van der Waals surface area (Å²) in [4.78, 5) is 16.1. The van der Waals surface area contributed by atoms with E-state index in [1.807, 2.05) is 6.92 Å². The molecule has 0 radical (unpaired) electrons. The topological polar surface area (TPSA) is 108 Å². The second-order valence-electron chi connectivity index (χ2n) is 5.38. The molecule has 0 spiro atoms. The average molecular weight is 297 g/mol. The molecule has 0 aliphatic carbocycles. The third-order valence-corrected chi connectivity index (χ3v) is 3.86. The van der Waals surface area contributed by atoms with Crippen molar-refractivity contribution in [3.63, 3.8) is 0 Å². The monoisotopic (exact) mass is 297 g/mol. The summed E-state index contributed by atoms with van der Waals surface area (Å²) >= 11 is 0. The normalized spacial score (nSPS) is 28.2. The smallest absolute Gasteiger partial charge is 0.220 e. The zero-order valence-electron chi connectivity index (χ0n) is 12.4. The molecule has 7 nitrogen and oxygen atoms in total. The SMILES string of the molecule is CCCc1cn2c(n1)C(NC(=O)CC)[C@@H](O)[C@H](O)C2CO. The van der Waals surface area contributed by atoms with E-state index in [2.05, 4.69) is 10.3 Å². The lowest BCUT2D eigenvalue weighted by molar-refractivity contribution is -0.125. The molecule has 1 amide bonds. The van der Waals surface area contributed by atoms with Crippen LogP contribution in [-0.2, 0) is 11.2 Å². The number of nitrogens with zero attached hydrogens (tertiary/aromatic N) is 2. The number of amides is 1. The van der Waals surface area contributed by atoms with Crippen molar-refractivity contribution in [3.05, 3.63) is 17.7 Å². The van der Waals surface area contributed by atoms with Crippen molar-refractivity contribution in [1.82, 2.24) is 14.9 Å². The van der Waals surface area contributed by atoms with Gasteiger partial charge in [0.2, 0.25) is 5.91 Å². The molecule has 118 valence electrons. The van der Waals surface area contributed by atoms with Gasteiger partial charge in [-0.25, -0.2) is 4.98 Å². The second-order valence-corrected chi connectivity index (χ2v) is 5.38. The first-order valence-corrected chi connectivity index (χ1v) is 7.37. The highest BCUT2D eigenvalue weighted by Crippen LogP contribution is 2.32. The molecule has 1 aromatic heterocycles. The number of carbonyl (C=O) groups excluding carboxylic acids is 1. The quantitative estimate of drug-likeness (QED) is 0.595. The summed E-state index contributed by atoms with van der Waals surface area (Å²) in [5, 5.41) is 32.6. The van der Waals surface area contributed by atoms with Crippen molar-refractivity contribution in [1.29, 1.82) is 0 Å². The summed E-state index contributed by atoms with van der Waals surface area (Å²) < 4.78 is 1.67. The molecule has 4 N–H and O–H groups in total. The molecule has 2 unspecified atom stereocenters. The molecule has 0 saturated heterocycles. The third kappa shape index (κ3) is 2.95. The Bertz CT molecular complexity index is 502. The molecule has 1 aliphatic heterocycles. The van der Waals surface area contributed by atoms with Crippen LogP contribution in [0.2, 0.25) is 0 Å². The van der Waals surface area contributed by atoms with Crippen LogP contribution in [0.15, 0.2) is 6.20 Å². The Morgan fingerprint density at radius 3 is 2.67 bits per heavy atom. The van der Waals surface area contributed by atoms with Crippen LogP contribution in [-0.4, -0.2) is 49.6 Å². The lowest BCUT2D eigenvalue weighted by atomic mass is 9.94. The van der Waals surface area contributed by atoms with E-state index in [0.29, 0.717) is 5.82 Å². The van der Waals surface area contributed by atoms with Gasteiger partial charge in [0.1, 0.15) is 24.1 Å². The molecule has 7 heteroatoms. The second kappa shape index (κ2) is 6.55. The molecule has 21 heavy (non-hydrogen) atoms. The summed E-state index contributed by atoms with van der Waals surface area (Å²) in [5.74, 6) is 0.261. The molecule has 2 heterocycles. The Balaban J connectivity index is 2.40. The maximum atomic E-state index is 11.6. The number of aryl methyl sites for hydroxylation is 1. The van der Waals surface area contributed by atoms with Crippen LogP contribution >= 0.6 is 0 Å². The van der Waals surface area contributed by atoms with E-state index in [0.717, 1.165) is 18.5 Å². The molecular formula is C14H23N3O4.